The van der Waals surface area contributed by atoms with Crippen LogP contribution in [0.5, 0.6) is 0 Å². The first kappa shape index (κ1) is 21.2. The molecule has 156 valence electrons. The molecule has 0 spiro atoms. The molecule has 3 rings (SSSR count). The van der Waals surface area contributed by atoms with Crippen molar-refractivity contribution in [2.75, 3.05) is 0 Å². The van der Waals surface area contributed by atoms with E-state index in [-0.39, 0.29) is 17.9 Å². The molecule has 0 unspecified atom stereocenters. The van der Waals surface area contributed by atoms with E-state index in [0.29, 0.717) is 36.1 Å². The van der Waals surface area contributed by atoms with Crippen LogP contribution < -0.4 is 10.9 Å². The third kappa shape index (κ3) is 5.76. The van der Waals surface area contributed by atoms with Gasteiger partial charge in [-0.3, -0.25) is 14.4 Å². The standard InChI is InChI=1S/C23H25N3O4/c1-15-10-12-17(13-11-15)14-24-22(28)16(2)30-21(27)9-5-8-20-25-19-7-4-3-6-18(19)23(29)26-20/h3-4,6-7,10-13,16H,5,8-9,14H2,1-2H3,(H,24,28)(H,25,26,29)/t16-/m1/s1. The lowest BCUT2D eigenvalue weighted by molar-refractivity contribution is -0.154. The number of esters is 1. The zero-order valence-corrected chi connectivity index (χ0v) is 17.1. The Bertz CT molecular complexity index is 1090. The zero-order valence-electron chi connectivity index (χ0n) is 17.1. The van der Waals surface area contributed by atoms with Crippen LogP contribution in [-0.2, 0) is 27.3 Å². The van der Waals surface area contributed by atoms with E-state index in [1.165, 1.54) is 0 Å². The van der Waals surface area contributed by atoms with Crippen molar-refractivity contribution in [1.29, 1.82) is 0 Å². The summed E-state index contributed by atoms with van der Waals surface area (Å²) in [6.07, 6.45) is 0.147. The number of aromatic amines is 1. The molecule has 2 aromatic carbocycles. The number of aryl methyl sites for hydroxylation is 2. The zero-order chi connectivity index (χ0) is 21.5. The SMILES string of the molecule is Cc1ccc(CNC(=O)[C@@H](C)OC(=O)CCCc2nc3ccccc3c(=O)[nH]2)cc1. The molecule has 0 saturated heterocycles. The van der Waals surface area contributed by atoms with Crippen LogP contribution in [0.2, 0.25) is 0 Å². The molecule has 0 aliphatic rings. The van der Waals surface area contributed by atoms with Crippen molar-refractivity contribution in [2.45, 2.75) is 45.8 Å². The maximum absolute atomic E-state index is 12.1. The number of carbonyl (C=O) groups is 2. The maximum Gasteiger partial charge on any atom is 0.306 e. The summed E-state index contributed by atoms with van der Waals surface area (Å²) in [5.74, 6) is -0.282. The number of nitrogens with zero attached hydrogens (tertiary/aromatic N) is 1. The number of carbonyl (C=O) groups excluding carboxylic acids is 2. The summed E-state index contributed by atoms with van der Waals surface area (Å²) >= 11 is 0. The Hall–Kier alpha value is -3.48. The van der Waals surface area contributed by atoms with Gasteiger partial charge in [-0.1, -0.05) is 42.0 Å². The fourth-order valence-electron chi connectivity index (χ4n) is 3.00. The predicted octanol–water partition coefficient (Wildman–Crippen LogP) is 2.80. The van der Waals surface area contributed by atoms with Gasteiger partial charge in [0.05, 0.1) is 10.9 Å². The molecule has 0 saturated carbocycles. The minimum atomic E-state index is -0.874. The van der Waals surface area contributed by atoms with Gasteiger partial charge in [0.25, 0.3) is 11.5 Å². The summed E-state index contributed by atoms with van der Waals surface area (Å²) in [6.45, 7) is 3.92. The molecular formula is C23H25N3O4. The molecule has 7 heteroatoms. The molecule has 2 N–H and O–H groups in total. The van der Waals surface area contributed by atoms with Gasteiger partial charge in [-0.2, -0.15) is 0 Å². The van der Waals surface area contributed by atoms with Gasteiger partial charge in [0, 0.05) is 19.4 Å². The van der Waals surface area contributed by atoms with Crippen LogP contribution in [0.4, 0.5) is 0 Å². The van der Waals surface area contributed by atoms with Gasteiger partial charge in [0.15, 0.2) is 6.10 Å². The molecule has 0 radical (unpaired) electrons. The van der Waals surface area contributed by atoms with Crippen LogP contribution in [0, 0.1) is 6.92 Å². The molecule has 1 amide bonds. The average molecular weight is 407 g/mol. The number of benzene rings is 2. The average Bonchev–Trinajstić information content (AvgIpc) is 2.73. The summed E-state index contributed by atoms with van der Waals surface area (Å²) in [7, 11) is 0. The molecular weight excluding hydrogens is 382 g/mol. The number of aromatic nitrogens is 2. The highest BCUT2D eigenvalue weighted by Crippen LogP contribution is 2.08. The summed E-state index contributed by atoms with van der Waals surface area (Å²) in [5.41, 5.74) is 2.55. The lowest BCUT2D eigenvalue weighted by Crippen LogP contribution is -2.35. The summed E-state index contributed by atoms with van der Waals surface area (Å²) in [4.78, 5) is 43.4. The van der Waals surface area contributed by atoms with Crippen molar-refractivity contribution in [3.8, 4) is 0 Å². The van der Waals surface area contributed by atoms with E-state index in [0.717, 1.165) is 11.1 Å². The van der Waals surface area contributed by atoms with Gasteiger partial charge in [-0.25, -0.2) is 4.98 Å². The van der Waals surface area contributed by atoms with E-state index in [1.807, 2.05) is 37.3 Å². The first-order valence-corrected chi connectivity index (χ1v) is 9.93. The first-order chi connectivity index (χ1) is 14.4. The number of para-hydroxylation sites is 1. The molecule has 7 nitrogen and oxygen atoms in total. The second-order valence-electron chi connectivity index (χ2n) is 7.22. The lowest BCUT2D eigenvalue weighted by atomic mass is 10.1. The topological polar surface area (TPSA) is 101 Å². The summed E-state index contributed by atoms with van der Waals surface area (Å²) < 4.78 is 5.21. The minimum absolute atomic E-state index is 0.131. The van der Waals surface area contributed by atoms with Gasteiger partial charge >= 0.3 is 5.97 Å². The Kier molecular flexibility index (Phi) is 6.95. The molecule has 3 aromatic rings. The summed E-state index contributed by atoms with van der Waals surface area (Å²) in [6, 6.07) is 14.9. The number of fused-ring (bicyclic) bond motifs is 1. The number of amides is 1. The molecule has 1 heterocycles. The van der Waals surface area contributed by atoms with Crippen molar-refractivity contribution < 1.29 is 14.3 Å². The van der Waals surface area contributed by atoms with Crippen LogP contribution in [0.15, 0.2) is 53.3 Å². The van der Waals surface area contributed by atoms with Gasteiger partial charge in [-0.05, 0) is 38.0 Å². The smallest absolute Gasteiger partial charge is 0.306 e. The van der Waals surface area contributed by atoms with E-state index in [9.17, 15) is 14.4 Å². The van der Waals surface area contributed by atoms with Crippen molar-refractivity contribution in [3.63, 3.8) is 0 Å². The fourth-order valence-corrected chi connectivity index (χ4v) is 3.00. The molecule has 0 bridgehead atoms. The fraction of sp³-hybridized carbons (Fsp3) is 0.304. The number of nitrogens with one attached hydrogen (secondary N) is 2. The van der Waals surface area contributed by atoms with Crippen molar-refractivity contribution in [2.24, 2.45) is 0 Å². The highest BCUT2D eigenvalue weighted by Gasteiger charge is 2.17. The number of H-pyrrole nitrogens is 1. The normalized spacial score (nSPS) is 11.8. The third-order valence-corrected chi connectivity index (χ3v) is 4.72. The Morgan fingerprint density at radius 3 is 2.63 bits per heavy atom. The Morgan fingerprint density at radius 1 is 1.13 bits per heavy atom. The monoisotopic (exact) mass is 407 g/mol. The quantitative estimate of drug-likeness (QED) is 0.559. The van der Waals surface area contributed by atoms with Crippen molar-refractivity contribution in [3.05, 3.63) is 75.8 Å². The Labute approximate surface area is 174 Å². The van der Waals surface area contributed by atoms with Gasteiger partial charge in [0.2, 0.25) is 0 Å². The van der Waals surface area contributed by atoms with Crippen LogP contribution in [-0.4, -0.2) is 27.9 Å². The Morgan fingerprint density at radius 2 is 1.87 bits per heavy atom. The number of hydrogen-bond acceptors (Lipinski definition) is 5. The number of hydrogen-bond donors (Lipinski definition) is 2. The number of ether oxygens (including phenoxy) is 1. The van der Waals surface area contributed by atoms with Crippen molar-refractivity contribution >= 4 is 22.8 Å². The second-order valence-corrected chi connectivity index (χ2v) is 7.22. The third-order valence-electron chi connectivity index (χ3n) is 4.72. The van der Waals surface area contributed by atoms with Gasteiger partial charge in [-0.15, -0.1) is 0 Å². The predicted molar refractivity (Wildman–Crippen MR) is 114 cm³/mol. The molecule has 1 aromatic heterocycles. The van der Waals surface area contributed by atoms with Crippen LogP contribution in [0.25, 0.3) is 10.9 Å². The highest BCUT2D eigenvalue weighted by atomic mass is 16.5. The van der Waals surface area contributed by atoms with Crippen molar-refractivity contribution in [1.82, 2.24) is 15.3 Å². The minimum Gasteiger partial charge on any atom is -0.453 e. The first-order valence-electron chi connectivity index (χ1n) is 9.93. The Balaban J connectivity index is 1.43. The van der Waals surface area contributed by atoms with Gasteiger partial charge in [0.1, 0.15) is 5.82 Å². The summed E-state index contributed by atoms with van der Waals surface area (Å²) in [5, 5.41) is 3.30. The lowest BCUT2D eigenvalue weighted by Gasteiger charge is -2.13. The second kappa shape index (κ2) is 9.82. The van der Waals surface area contributed by atoms with E-state index in [1.54, 1.807) is 25.1 Å². The molecule has 0 aliphatic carbocycles. The highest BCUT2D eigenvalue weighted by molar-refractivity contribution is 5.83. The largest absolute Gasteiger partial charge is 0.453 e. The number of rotatable bonds is 8. The molecule has 30 heavy (non-hydrogen) atoms. The molecule has 0 aliphatic heterocycles. The van der Waals surface area contributed by atoms with Crippen LogP contribution >= 0.6 is 0 Å². The molecule has 1 atom stereocenters. The molecule has 0 fully saturated rings. The van der Waals surface area contributed by atoms with E-state index in [2.05, 4.69) is 15.3 Å². The van der Waals surface area contributed by atoms with E-state index in [4.69, 9.17) is 4.74 Å². The van der Waals surface area contributed by atoms with Crippen LogP contribution in [0.1, 0.15) is 36.7 Å². The van der Waals surface area contributed by atoms with Crippen LogP contribution in [0.3, 0.4) is 0 Å². The van der Waals surface area contributed by atoms with Gasteiger partial charge < -0.3 is 15.0 Å². The van der Waals surface area contributed by atoms with E-state index >= 15 is 0 Å². The van der Waals surface area contributed by atoms with E-state index < -0.39 is 12.1 Å². The maximum atomic E-state index is 12.1.